The largest absolute Gasteiger partial charge is 0.444 e. The first-order valence-corrected chi connectivity index (χ1v) is 4.85. The van der Waals surface area contributed by atoms with Crippen LogP contribution in [0.3, 0.4) is 0 Å². The second-order valence-corrected chi connectivity index (χ2v) is 3.66. The summed E-state index contributed by atoms with van der Waals surface area (Å²) in [5, 5.41) is 12.4. The van der Waals surface area contributed by atoms with Gasteiger partial charge in [-0.25, -0.2) is 4.98 Å². The van der Waals surface area contributed by atoms with E-state index in [9.17, 15) is 5.11 Å². The fourth-order valence-electron chi connectivity index (χ4n) is 1.03. The van der Waals surface area contributed by atoms with Crippen molar-refractivity contribution in [1.29, 1.82) is 0 Å². The monoisotopic (exact) mass is 198 g/mol. The van der Waals surface area contributed by atoms with Gasteiger partial charge >= 0.3 is 0 Å². The number of aryl methyl sites for hydroxylation is 2. The number of aromatic nitrogens is 1. The van der Waals surface area contributed by atoms with Crippen LogP contribution in [-0.2, 0) is 6.54 Å². The predicted molar refractivity (Wildman–Crippen MR) is 54.0 cm³/mol. The first kappa shape index (κ1) is 11.2. The Morgan fingerprint density at radius 2 is 2.07 bits per heavy atom. The van der Waals surface area contributed by atoms with E-state index in [2.05, 4.69) is 10.3 Å². The molecule has 0 saturated carbocycles. The molecule has 1 aromatic rings. The van der Waals surface area contributed by atoms with E-state index in [-0.39, 0.29) is 12.1 Å². The Balaban J connectivity index is 2.46. The first-order valence-electron chi connectivity index (χ1n) is 4.85. The third kappa shape index (κ3) is 2.82. The molecule has 4 nitrogen and oxygen atoms in total. The third-order valence-corrected chi connectivity index (χ3v) is 2.37. The number of nitrogens with one attached hydrogen (secondary N) is 1. The van der Waals surface area contributed by atoms with Crippen LogP contribution in [0.5, 0.6) is 0 Å². The zero-order chi connectivity index (χ0) is 10.7. The molecule has 0 saturated heterocycles. The summed E-state index contributed by atoms with van der Waals surface area (Å²) < 4.78 is 5.39. The fourth-order valence-corrected chi connectivity index (χ4v) is 1.03. The Morgan fingerprint density at radius 3 is 2.50 bits per heavy atom. The molecule has 0 bridgehead atoms. The molecule has 0 aliphatic rings. The Bertz CT molecular complexity index is 275. The highest BCUT2D eigenvalue weighted by Crippen LogP contribution is 2.08. The summed E-state index contributed by atoms with van der Waals surface area (Å²) in [5.74, 6) is 1.53. The minimum Gasteiger partial charge on any atom is -0.444 e. The maximum Gasteiger partial charge on any atom is 0.208 e. The van der Waals surface area contributed by atoms with E-state index >= 15 is 0 Å². The molecule has 2 unspecified atom stereocenters. The van der Waals surface area contributed by atoms with Crippen LogP contribution in [0.15, 0.2) is 4.42 Å². The van der Waals surface area contributed by atoms with Crippen molar-refractivity contribution in [2.75, 3.05) is 0 Å². The number of aliphatic hydroxyl groups excluding tert-OH is 1. The van der Waals surface area contributed by atoms with Gasteiger partial charge in [-0.2, -0.15) is 0 Å². The Morgan fingerprint density at radius 1 is 1.43 bits per heavy atom. The molecule has 0 aromatic carbocycles. The van der Waals surface area contributed by atoms with E-state index in [1.807, 2.05) is 20.8 Å². The van der Waals surface area contributed by atoms with Crippen LogP contribution in [0.25, 0.3) is 0 Å². The Hall–Kier alpha value is -0.870. The number of nitrogens with zero attached hydrogens (tertiary/aromatic N) is 1. The minimum absolute atomic E-state index is 0.0440. The van der Waals surface area contributed by atoms with Crippen LogP contribution in [0, 0.1) is 13.8 Å². The fraction of sp³-hybridized carbons (Fsp3) is 0.700. The van der Waals surface area contributed by atoms with Crippen molar-refractivity contribution in [3.05, 3.63) is 17.3 Å². The third-order valence-electron chi connectivity index (χ3n) is 2.37. The molecule has 0 radical (unpaired) electrons. The number of hydrogen-bond donors (Lipinski definition) is 2. The van der Waals surface area contributed by atoms with Gasteiger partial charge in [-0.1, -0.05) is 0 Å². The highest BCUT2D eigenvalue weighted by atomic mass is 16.4. The smallest absolute Gasteiger partial charge is 0.208 e. The van der Waals surface area contributed by atoms with E-state index < -0.39 is 0 Å². The SMILES string of the molecule is Cc1nc(CNC(C)C(C)O)oc1C. The van der Waals surface area contributed by atoms with Crippen LogP contribution in [0.4, 0.5) is 0 Å². The molecule has 0 amide bonds. The lowest BCUT2D eigenvalue weighted by Gasteiger charge is -2.14. The van der Waals surface area contributed by atoms with Crippen LogP contribution >= 0.6 is 0 Å². The van der Waals surface area contributed by atoms with Gasteiger partial charge in [0.15, 0.2) is 0 Å². The van der Waals surface area contributed by atoms with E-state index in [4.69, 9.17) is 4.42 Å². The number of oxazole rings is 1. The van der Waals surface area contributed by atoms with Crippen molar-refractivity contribution < 1.29 is 9.52 Å². The van der Waals surface area contributed by atoms with Gasteiger partial charge < -0.3 is 14.8 Å². The molecule has 4 heteroatoms. The molecular formula is C10H18N2O2. The zero-order valence-corrected chi connectivity index (χ0v) is 9.16. The van der Waals surface area contributed by atoms with Crippen molar-refractivity contribution >= 4 is 0 Å². The molecule has 0 aliphatic heterocycles. The van der Waals surface area contributed by atoms with Gasteiger partial charge in [0.2, 0.25) is 5.89 Å². The normalized spacial score (nSPS) is 15.5. The molecule has 1 rings (SSSR count). The zero-order valence-electron chi connectivity index (χ0n) is 9.16. The maximum absolute atomic E-state index is 9.25. The Kier molecular flexibility index (Phi) is 3.66. The van der Waals surface area contributed by atoms with E-state index in [0.29, 0.717) is 12.4 Å². The van der Waals surface area contributed by atoms with Gasteiger partial charge in [0.1, 0.15) is 5.76 Å². The first-order chi connectivity index (χ1) is 6.50. The van der Waals surface area contributed by atoms with Crippen LogP contribution in [-0.4, -0.2) is 22.2 Å². The molecule has 1 aromatic heterocycles. The molecule has 2 N–H and O–H groups in total. The van der Waals surface area contributed by atoms with Gasteiger partial charge in [-0.15, -0.1) is 0 Å². The van der Waals surface area contributed by atoms with Crippen molar-refractivity contribution in [3.63, 3.8) is 0 Å². The average Bonchev–Trinajstić information content (AvgIpc) is 2.42. The van der Waals surface area contributed by atoms with E-state index in [1.165, 1.54) is 0 Å². The van der Waals surface area contributed by atoms with Gasteiger partial charge in [0, 0.05) is 6.04 Å². The quantitative estimate of drug-likeness (QED) is 0.762. The summed E-state index contributed by atoms with van der Waals surface area (Å²) in [5.41, 5.74) is 0.923. The molecule has 80 valence electrons. The highest BCUT2D eigenvalue weighted by Gasteiger charge is 2.10. The second-order valence-electron chi connectivity index (χ2n) is 3.66. The number of hydrogen-bond acceptors (Lipinski definition) is 4. The standard InChI is InChI=1S/C10H18N2O2/c1-6(8(3)13)11-5-10-12-7(2)9(4)14-10/h6,8,11,13H,5H2,1-4H3. The molecule has 2 atom stereocenters. The van der Waals surface area contributed by atoms with Crippen LogP contribution in [0.1, 0.15) is 31.2 Å². The molecule has 0 fully saturated rings. The van der Waals surface area contributed by atoms with Crippen molar-refractivity contribution in [3.8, 4) is 0 Å². The maximum atomic E-state index is 9.25. The predicted octanol–water partition coefficient (Wildman–Crippen LogP) is 1.15. The van der Waals surface area contributed by atoms with Crippen molar-refractivity contribution in [1.82, 2.24) is 10.3 Å². The molecule has 1 heterocycles. The topological polar surface area (TPSA) is 58.3 Å². The summed E-state index contributed by atoms with van der Waals surface area (Å²) >= 11 is 0. The summed E-state index contributed by atoms with van der Waals surface area (Å²) in [6.07, 6.45) is -0.368. The highest BCUT2D eigenvalue weighted by molar-refractivity contribution is 5.05. The lowest BCUT2D eigenvalue weighted by atomic mass is 10.2. The average molecular weight is 198 g/mol. The minimum atomic E-state index is -0.368. The van der Waals surface area contributed by atoms with Gasteiger partial charge in [0.25, 0.3) is 0 Å². The van der Waals surface area contributed by atoms with Gasteiger partial charge in [-0.05, 0) is 27.7 Å². The molecule has 0 spiro atoms. The molecule has 14 heavy (non-hydrogen) atoms. The molecule has 0 aliphatic carbocycles. The molecular weight excluding hydrogens is 180 g/mol. The van der Waals surface area contributed by atoms with E-state index in [1.54, 1.807) is 6.92 Å². The van der Waals surface area contributed by atoms with Crippen molar-refractivity contribution in [2.45, 2.75) is 46.4 Å². The summed E-state index contributed by atoms with van der Waals surface area (Å²) in [6.45, 7) is 8.04. The summed E-state index contributed by atoms with van der Waals surface area (Å²) in [7, 11) is 0. The number of aliphatic hydroxyl groups is 1. The van der Waals surface area contributed by atoms with E-state index in [0.717, 1.165) is 11.5 Å². The lowest BCUT2D eigenvalue weighted by Crippen LogP contribution is -2.34. The summed E-state index contributed by atoms with van der Waals surface area (Å²) in [4.78, 5) is 4.23. The van der Waals surface area contributed by atoms with Crippen molar-refractivity contribution in [2.24, 2.45) is 0 Å². The van der Waals surface area contributed by atoms with Crippen LogP contribution < -0.4 is 5.32 Å². The summed E-state index contributed by atoms with van der Waals surface area (Å²) in [6, 6.07) is 0.0440. The van der Waals surface area contributed by atoms with Gasteiger partial charge in [-0.3, -0.25) is 0 Å². The Labute approximate surface area is 84.3 Å². The van der Waals surface area contributed by atoms with Crippen LogP contribution in [0.2, 0.25) is 0 Å². The second kappa shape index (κ2) is 4.57. The number of rotatable bonds is 4. The van der Waals surface area contributed by atoms with Gasteiger partial charge in [0.05, 0.1) is 18.3 Å². The lowest BCUT2D eigenvalue weighted by molar-refractivity contribution is 0.150.